The van der Waals surface area contributed by atoms with E-state index >= 15 is 0 Å². The molecule has 17 heavy (non-hydrogen) atoms. The van der Waals surface area contributed by atoms with Gasteiger partial charge in [-0.3, -0.25) is 0 Å². The van der Waals surface area contributed by atoms with Crippen LogP contribution in [-0.4, -0.2) is 5.11 Å². The molecule has 90 valence electrons. The van der Waals surface area contributed by atoms with Crippen molar-refractivity contribution in [3.05, 3.63) is 54.8 Å². The van der Waals surface area contributed by atoms with E-state index < -0.39 is 6.10 Å². The van der Waals surface area contributed by atoms with Crippen molar-refractivity contribution in [2.75, 3.05) is 0 Å². The van der Waals surface area contributed by atoms with Crippen molar-refractivity contribution in [3.8, 4) is 0 Å². The quantitative estimate of drug-likeness (QED) is 0.820. The average molecular weight is 380 g/mol. The van der Waals surface area contributed by atoms with Gasteiger partial charge < -0.3 is 5.11 Å². The van der Waals surface area contributed by atoms with Crippen LogP contribution in [0.4, 0.5) is 4.39 Å². The molecule has 5 heteroatoms. The highest BCUT2D eigenvalue weighted by Crippen LogP contribution is 2.31. The third-order valence-electron chi connectivity index (χ3n) is 2.39. The summed E-state index contributed by atoms with van der Waals surface area (Å²) in [5, 5.41) is 12.1. The summed E-state index contributed by atoms with van der Waals surface area (Å²) in [4.78, 5) is 1.08. The predicted octanol–water partition coefficient (Wildman–Crippen LogP) is 4.69. The Morgan fingerprint density at radius 1 is 1.24 bits per heavy atom. The number of hydrogen-bond donors (Lipinski definition) is 1. The van der Waals surface area contributed by atoms with Crippen molar-refractivity contribution in [3.63, 3.8) is 0 Å². The Bertz CT molecular complexity index is 527. The SMILES string of the molecule is OC(Cc1sccc1Br)c1ccc(F)cc1Br. The van der Waals surface area contributed by atoms with E-state index in [1.807, 2.05) is 11.4 Å². The van der Waals surface area contributed by atoms with Crippen LogP contribution < -0.4 is 0 Å². The Kier molecular flexibility index (Phi) is 4.36. The number of rotatable bonds is 3. The van der Waals surface area contributed by atoms with E-state index in [1.165, 1.54) is 12.1 Å². The van der Waals surface area contributed by atoms with Crippen LogP contribution in [0.3, 0.4) is 0 Å². The molecule has 2 aromatic rings. The van der Waals surface area contributed by atoms with E-state index in [4.69, 9.17) is 0 Å². The van der Waals surface area contributed by atoms with Crippen LogP contribution in [0.5, 0.6) is 0 Å². The highest BCUT2D eigenvalue weighted by atomic mass is 79.9. The van der Waals surface area contributed by atoms with Crippen LogP contribution >= 0.6 is 43.2 Å². The van der Waals surface area contributed by atoms with Crippen molar-refractivity contribution < 1.29 is 9.50 Å². The van der Waals surface area contributed by atoms with Gasteiger partial charge in [-0.25, -0.2) is 4.39 Å². The van der Waals surface area contributed by atoms with Gasteiger partial charge in [-0.1, -0.05) is 22.0 Å². The second-order valence-corrected chi connectivity index (χ2v) is 6.29. The Balaban J connectivity index is 2.20. The number of hydrogen-bond acceptors (Lipinski definition) is 2. The molecule has 1 atom stereocenters. The summed E-state index contributed by atoms with van der Waals surface area (Å²) in [5.74, 6) is -0.315. The average Bonchev–Trinajstić information content (AvgIpc) is 2.64. The van der Waals surface area contributed by atoms with Crippen molar-refractivity contribution in [2.24, 2.45) is 0 Å². The highest BCUT2D eigenvalue weighted by molar-refractivity contribution is 9.10. The molecule has 0 saturated heterocycles. The monoisotopic (exact) mass is 378 g/mol. The molecule has 1 aromatic carbocycles. The minimum atomic E-state index is -0.639. The van der Waals surface area contributed by atoms with Gasteiger partial charge in [0.2, 0.25) is 0 Å². The predicted molar refractivity (Wildman–Crippen MR) is 74.8 cm³/mol. The van der Waals surface area contributed by atoms with Crippen molar-refractivity contribution >= 4 is 43.2 Å². The number of benzene rings is 1. The number of aliphatic hydroxyl groups excluding tert-OH is 1. The molecule has 0 fully saturated rings. The first-order chi connectivity index (χ1) is 8.08. The fraction of sp³-hybridized carbons (Fsp3) is 0.167. The van der Waals surface area contributed by atoms with Crippen molar-refractivity contribution in [1.82, 2.24) is 0 Å². The lowest BCUT2D eigenvalue weighted by Crippen LogP contribution is -2.02. The zero-order chi connectivity index (χ0) is 12.4. The van der Waals surface area contributed by atoms with Gasteiger partial charge in [0.15, 0.2) is 0 Å². The second-order valence-electron chi connectivity index (χ2n) is 3.58. The van der Waals surface area contributed by atoms with E-state index in [0.717, 1.165) is 9.35 Å². The molecule has 0 amide bonds. The summed E-state index contributed by atoms with van der Waals surface area (Å²) in [6, 6.07) is 6.27. The lowest BCUT2D eigenvalue weighted by atomic mass is 10.1. The summed E-state index contributed by atoms with van der Waals surface area (Å²) < 4.78 is 14.5. The highest BCUT2D eigenvalue weighted by Gasteiger charge is 2.14. The van der Waals surface area contributed by atoms with E-state index in [1.54, 1.807) is 17.4 Å². The standard InChI is InChI=1S/C12H9Br2FOS/c13-9-3-4-17-12(9)6-11(16)8-2-1-7(15)5-10(8)14/h1-5,11,16H,6H2. The Labute approximate surface area is 120 Å². The Morgan fingerprint density at radius 3 is 2.59 bits per heavy atom. The molecule has 0 spiro atoms. The molecular formula is C12H9Br2FOS. The Hall–Kier alpha value is -0.230. The molecule has 1 N–H and O–H groups in total. The van der Waals surface area contributed by atoms with E-state index in [9.17, 15) is 9.50 Å². The molecule has 0 radical (unpaired) electrons. The van der Waals surface area contributed by atoms with Gasteiger partial charge in [-0.05, 0) is 45.1 Å². The lowest BCUT2D eigenvalue weighted by Gasteiger charge is -2.12. The molecule has 1 aromatic heterocycles. The number of halogens is 3. The summed E-state index contributed by atoms with van der Waals surface area (Å²) >= 11 is 8.27. The zero-order valence-electron chi connectivity index (χ0n) is 8.66. The molecule has 2 rings (SSSR count). The van der Waals surface area contributed by atoms with Crippen LogP contribution in [0.15, 0.2) is 38.6 Å². The topological polar surface area (TPSA) is 20.2 Å². The van der Waals surface area contributed by atoms with Crippen LogP contribution in [0.2, 0.25) is 0 Å². The van der Waals surface area contributed by atoms with Crippen molar-refractivity contribution in [1.29, 1.82) is 0 Å². The molecule has 0 aliphatic heterocycles. The normalized spacial score (nSPS) is 12.7. The third-order valence-corrected chi connectivity index (χ3v) is 5.03. The summed E-state index contributed by atoms with van der Waals surface area (Å²) in [7, 11) is 0. The van der Waals surface area contributed by atoms with Gasteiger partial charge >= 0.3 is 0 Å². The van der Waals surface area contributed by atoms with Crippen LogP contribution in [0.1, 0.15) is 16.5 Å². The maximum atomic E-state index is 12.9. The molecule has 0 bridgehead atoms. The van der Waals surface area contributed by atoms with E-state index in [-0.39, 0.29) is 5.82 Å². The fourth-order valence-electron chi connectivity index (χ4n) is 1.53. The van der Waals surface area contributed by atoms with Crippen LogP contribution in [0, 0.1) is 5.82 Å². The number of aliphatic hydroxyl groups is 1. The maximum absolute atomic E-state index is 12.9. The van der Waals surface area contributed by atoms with Gasteiger partial charge in [0, 0.05) is 20.2 Å². The molecule has 0 aliphatic carbocycles. The van der Waals surface area contributed by atoms with Crippen LogP contribution in [0.25, 0.3) is 0 Å². The third kappa shape index (κ3) is 3.16. The minimum absolute atomic E-state index is 0.315. The van der Waals surface area contributed by atoms with Crippen LogP contribution in [-0.2, 0) is 6.42 Å². The summed E-state index contributed by atoms with van der Waals surface area (Å²) in [6.07, 6.45) is -0.123. The summed E-state index contributed by atoms with van der Waals surface area (Å²) in [6.45, 7) is 0. The molecule has 0 aliphatic rings. The van der Waals surface area contributed by atoms with Gasteiger partial charge in [-0.15, -0.1) is 11.3 Å². The first-order valence-corrected chi connectivity index (χ1v) is 7.39. The molecule has 1 heterocycles. The number of thiophene rings is 1. The first kappa shape index (κ1) is 13.2. The van der Waals surface area contributed by atoms with Gasteiger partial charge in [-0.2, -0.15) is 0 Å². The van der Waals surface area contributed by atoms with E-state index in [2.05, 4.69) is 31.9 Å². The van der Waals surface area contributed by atoms with Gasteiger partial charge in [0.25, 0.3) is 0 Å². The second kappa shape index (κ2) is 5.61. The molecule has 0 saturated carbocycles. The first-order valence-electron chi connectivity index (χ1n) is 4.93. The molecule has 1 unspecified atom stereocenters. The lowest BCUT2D eigenvalue weighted by molar-refractivity contribution is 0.178. The largest absolute Gasteiger partial charge is 0.388 e. The summed E-state index contributed by atoms with van der Waals surface area (Å²) in [5.41, 5.74) is 0.701. The van der Waals surface area contributed by atoms with Crippen molar-refractivity contribution in [2.45, 2.75) is 12.5 Å². The zero-order valence-corrected chi connectivity index (χ0v) is 12.6. The molecule has 1 nitrogen and oxygen atoms in total. The van der Waals surface area contributed by atoms with Gasteiger partial charge in [0.05, 0.1) is 6.10 Å². The smallest absolute Gasteiger partial charge is 0.124 e. The van der Waals surface area contributed by atoms with Gasteiger partial charge in [0.1, 0.15) is 5.82 Å². The minimum Gasteiger partial charge on any atom is -0.388 e. The Morgan fingerprint density at radius 2 is 2.00 bits per heavy atom. The fourth-order valence-corrected chi connectivity index (χ4v) is 3.70. The molecular weight excluding hydrogens is 371 g/mol. The van der Waals surface area contributed by atoms with E-state index in [0.29, 0.717) is 16.5 Å². The maximum Gasteiger partial charge on any atom is 0.124 e.